The number of nitrogens with one attached hydrogen (secondary N) is 1. The number of hydrogen-bond acceptors (Lipinski definition) is 6. The van der Waals surface area contributed by atoms with Crippen molar-refractivity contribution in [1.82, 2.24) is 4.57 Å². The second kappa shape index (κ2) is 8.26. The smallest absolute Gasteiger partial charge is 0.424 e. The topological polar surface area (TPSA) is 111 Å². The van der Waals surface area contributed by atoms with Crippen LogP contribution in [-0.2, 0) is 28.0 Å². The van der Waals surface area contributed by atoms with Crippen LogP contribution in [0, 0.1) is 0 Å². The summed E-state index contributed by atoms with van der Waals surface area (Å²) < 4.78 is 13.2. The van der Waals surface area contributed by atoms with Crippen molar-refractivity contribution in [3.8, 4) is 11.8 Å². The molecule has 1 atom stereocenters. The fourth-order valence-electron chi connectivity index (χ4n) is 2.05. The SMILES string of the molecule is CC(=O)Nc1ccc(OC(=O)Cn2cc[n+](C)c2OC(=O)C(C)O)cc1. The molecular formula is C17H20N3O6+. The fraction of sp³-hybridized carbons (Fsp3) is 0.294. The molecule has 0 fully saturated rings. The summed E-state index contributed by atoms with van der Waals surface area (Å²) in [5.41, 5.74) is 0.585. The number of imidazole rings is 1. The van der Waals surface area contributed by atoms with E-state index in [2.05, 4.69) is 5.32 Å². The number of amides is 1. The average molecular weight is 362 g/mol. The number of ether oxygens (including phenoxy) is 2. The van der Waals surface area contributed by atoms with Crippen LogP contribution in [0.4, 0.5) is 5.69 Å². The molecule has 1 amide bonds. The van der Waals surface area contributed by atoms with Gasteiger partial charge in [-0.2, -0.15) is 9.13 Å². The second-order valence-electron chi connectivity index (χ2n) is 5.60. The fourth-order valence-corrected chi connectivity index (χ4v) is 2.05. The molecule has 2 N–H and O–H groups in total. The molecule has 0 radical (unpaired) electrons. The highest BCUT2D eigenvalue weighted by atomic mass is 16.6. The Morgan fingerprint density at radius 2 is 1.88 bits per heavy atom. The summed E-state index contributed by atoms with van der Waals surface area (Å²) in [5, 5.41) is 11.9. The van der Waals surface area contributed by atoms with E-state index in [1.165, 1.54) is 23.0 Å². The maximum Gasteiger partial charge on any atom is 0.464 e. The first-order chi connectivity index (χ1) is 12.3. The van der Waals surface area contributed by atoms with Crippen molar-refractivity contribution >= 4 is 23.5 Å². The number of carbonyl (C=O) groups is 3. The van der Waals surface area contributed by atoms with Crippen molar-refractivity contribution in [3.63, 3.8) is 0 Å². The number of rotatable bonds is 6. The summed E-state index contributed by atoms with van der Waals surface area (Å²) in [7, 11) is 1.63. The molecule has 2 rings (SSSR count). The normalized spacial score (nSPS) is 11.5. The van der Waals surface area contributed by atoms with E-state index in [4.69, 9.17) is 9.47 Å². The molecule has 9 nitrogen and oxygen atoms in total. The molecule has 138 valence electrons. The summed E-state index contributed by atoms with van der Waals surface area (Å²) in [5.74, 6) is -1.30. The lowest BCUT2D eigenvalue weighted by Gasteiger charge is -2.07. The molecule has 1 heterocycles. The van der Waals surface area contributed by atoms with Crippen LogP contribution in [0.15, 0.2) is 36.7 Å². The number of aryl methyl sites for hydroxylation is 1. The van der Waals surface area contributed by atoms with Crippen LogP contribution in [-0.4, -0.2) is 33.6 Å². The first kappa shape index (κ1) is 19.1. The molecule has 9 heteroatoms. The summed E-state index contributed by atoms with van der Waals surface area (Å²) >= 11 is 0. The van der Waals surface area contributed by atoms with Gasteiger partial charge in [0, 0.05) is 12.6 Å². The number of benzene rings is 1. The molecule has 0 aliphatic heterocycles. The van der Waals surface area contributed by atoms with E-state index >= 15 is 0 Å². The van der Waals surface area contributed by atoms with Crippen molar-refractivity contribution in [2.75, 3.05) is 5.32 Å². The monoisotopic (exact) mass is 362 g/mol. The van der Waals surface area contributed by atoms with E-state index in [0.717, 1.165) is 0 Å². The van der Waals surface area contributed by atoms with Gasteiger partial charge >= 0.3 is 17.9 Å². The first-order valence-corrected chi connectivity index (χ1v) is 7.79. The van der Waals surface area contributed by atoms with Gasteiger partial charge in [0.1, 0.15) is 24.2 Å². The Labute approximate surface area is 149 Å². The van der Waals surface area contributed by atoms with Crippen LogP contribution in [0.2, 0.25) is 0 Å². The minimum Gasteiger partial charge on any atom is -0.424 e. The zero-order chi connectivity index (χ0) is 19.3. The molecule has 1 unspecified atom stereocenters. The maximum atomic E-state index is 12.1. The predicted octanol–water partition coefficient (Wildman–Crippen LogP) is 0.163. The lowest BCUT2D eigenvalue weighted by molar-refractivity contribution is -0.675. The predicted molar refractivity (Wildman–Crippen MR) is 89.3 cm³/mol. The number of aliphatic hydroxyl groups is 1. The van der Waals surface area contributed by atoms with Crippen molar-refractivity contribution < 1.29 is 33.5 Å². The Bertz CT molecular complexity index is 810. The standard InChI is InChI=1S/C17H19N3O6/c1-11(21)16(24)26-17-19(3)8-9-20(17)10-15(23)25-14-6-4-13(5-7-14)18-12(2)22/h4-9,11,21H,10H2,1-3H3/p+1. The highest BCUT2D eigenvalue weighted by Gasteiger charge is 2.25. The zero-order valence-electron chi connectivity index (χ0n) is 14.6. The summed E-state index contributed by atoms with van der Waals surface area (Å²) in [6, 6.07) is 6.40. The van der Waals surface area contributed by atoms with E-state index in [1.807, 2.05) is 0 Å². The molecule has 0 saturated heterocycles. The second-order valence-corrected chi connectivity index (χ2v) is 5.60. The quantitative estimate of drug-likeness (QED) is 0.430. The lowest BCUT2D eigenvalue weighted by Crippen LogP contribution is -2.34. The zero-order valence-corrected chi connectivity index (χ0v) is 14.6. The van der Waals surface area contributed by atoms with Crippen LogP contribution < -0.4 is 19.4 Å². The molecule has 0 aliphatic rings. The molecule has 1 aromatic carbocycles. The van der Waals surface area contributed by atoms with Crippen LogP contribution in [0.1, 0.15) is 13.8 Å². The Morgan fingerprint density at radius 1 is 1.23 bits per heavy atom. The molecule has 0 bridgehead atoms. The largest absolute Gasteiger partial charge is 0.464 e. The van der Waals surface area contributed by atoms with Crippen LogP contribution in [0.25, 0.3) is 0 Å². The van der Waals surface area contributed by atoms with Crippen molar-refractivity contribution in [2.45, 2.75) is 26.5 Å². The Hall–Kier alpha value is -3.20. The van der Waals surface area contributed by atoms with Gasteiger partial charge in [-0.25, -0.2) is 9.59 Å². The summed E-state index contributed by atoms with van der Waals surface area (Å²) in [6.07, 6.45) is 1.86. The van der Waals surface area contributed by atoms with Crippen molar-refractivity contribution in [3.05, 3.63) is 36.7 Å². The molecule has 1 aromatic heterocycles. The number of nitrogens with zero attached hydrogens (tertiary/aromatic N) is 2. The number of hydrogen-bond donors (Lipinski definition) is 2. The average Bonchev–Trinajstić information content (AvgIpc) is 2.89. The molecule has 0 spiro atoms. The van der Waals surface area contributed by atoms with Gasteiger partial charge in [-0.05, 0) is 31.2 Å². The molecule has 26 heavy (non-hydrogen) atoms. The Kier molecular flexibility index (Phi) is 6.07. The van der Waals surface area contributed by atoms with E-state index in [1.54, 1.807) is 43.7 Å². The van der Waals surface area contributed by atoms with Gasteiger partial charge in [-0.15, -0.1) is 0 Å². The Morgan fingerprint density at radius 3 is 2.46 bits per heavy atom. The van der Waals surface area contributed by atoms with Gasteiger partial charge in [0.15, 0.2) is 6.54 Å². The highest BCUT2D eigenvalue weighted by molar-refractivity contribution is 5.88. The molecular weight excluding hydrogens is 342 g/mol. The molecule has 2 aromatic rings. The van der Waals surface area contributed by atoms with Gasteiger partial charge in [-0.3, -0.25) is 4.79 Å². The van der Waals surface area contributed by atoms with Crippen LogP contribution >= 0.6 is 0 Å². The van der Waals surface area contributed by atoms with Gasteiger partial charge in [-0.1, -0.05) is 0 Å². The van der Waals surface area contributed by atoms with Gasteiger partial charge in [0.2, 0.25) is 5.91 Å². The van der Waals surface area contributed by atoms with E-state index in [0.29, 0.717) is 11.4 Å². The number of anilines is 1. The highest BCUT2D eigenvalue weighted by Crippen LogP contribution is 2.16. The summed E-state index contributed by atoms with van der Waals surface area (Å²) in [6.45, 7) is 2.48. The van der Waals surface area contributed by atoms with Gasteiger partial charge in [0.05, 0.1) is 7.05 Å². The van der Waals surface area contributed by atoms with Gasteiger partial charge < -0.3 is 19.9 Å². The number of aliphatic hydroxyl groups excluding tert-OH is 1. The third-order valence-electron chi connectivity index (χ3n) is 3.26. The van der Waals surface area contributed by atoms with E-state index in [9.17, 15) is 19.5 Å². The van der Waals surface area contributed by atoms with Crippen LogP contribution in [0.3, 0.4) is 0 Å². The van der Waals surface area contributed by atoms with Gasteiger partial charge in [0.25, 0.3) is 0 Å². The third-order valence-corrected chi connectivity index (χ3v) is 3.26. The number of aromatic nitrogens is 2. The minimum atomic E-state index is -1.28. The van der Waals surface area contributed by atoms with Crippen molar-refractivity contribution in [2.24, 2.45) is 7.05 Å². The third kappa shape index (κ3) is 5.15. The number of esters is 2. The summed E-state index contributed by atoms with van der Waals surface area (Å²) in [4.78, 5) is 34.6. The molecule has 0 aliphatic carbocycles. The maximum absolute atomic E-state index is 12.1. The van der Waals surface area contributed by atoms with E-state index < -0.39 is 18.0 Å². The number of carbonyl (C=O) groups excluding carboxylic acids is 3. The van der Waals surface area contributed by atoms with Crippen LogP contribution in [0.5, 0.6) is 11.8 Å². The first-order valence-electron chi connectivity index (χ1n) is 7.79. The minimum absolute atomic E-state index is 0.0915. The van der Waals surface area contributed by atoms with E-state index in [-0.39, 0.29) is 18.5 Å². The lowest BCUT2D eigenvalue weighted by atomic mass is 10.3. The molecule has 0 saturated carbocycles. The van der Waals surface area contributed by atoms with Crippen molar-refractivity contribution in [1.29, 1.82) is 0 Å². The Balaban J connectivity index is 2.02.